The molecule has 5 nitrogen and oxygen atoms in total. The van der Waals surface area contributed by atoms with E-state index in [0.717, 1.165) is 21.8 Å². The summed E-state index contributed by atoms with van der Waals surface area (Å²) in [7, 11) is 0. The lowest BCUT2D eigenvalue weighted by molar-refractivity contribution is -0.126. The molecule has 1 aliphatic heterocycles. The maximum atomic E-state index is 13.3. The van der Waals surface area contributed by atoms with E-state index in [1.54, 1.807) is 11.3 Å². The molecule has 34 heavy (non-hydrogen) atoms. The molecule has 1 unspecified atom stereocenters. The molecule has 5 rings (SSSR count). The number of Topliss-reactive ketones (excluding diaryl/α,β-unsaturated/α-hetero) is 1. The lowest BCUT2D eigenvalue weighted by Gasteiger charge is -2.34. The summed E-state index contributed by atoms with van der Waals surface area (Å²) in [6, 6.07) is 20.8. The minimum absolute atomic E-state index is 0.160. The number of anilines is 1. The number of halogens is 1. The summed E-state index contributed by atoms with van der Waals surface area (Å²) in [4.78, 5) is 32.3. The van der Waals surface area contributed by atoms with Crippen molar-refractivity contribution in [3.63, 3.8) is 0 Å². The molecule has 0 N–H and O–H groups in total. The quantitative estimate of drug-likeness (QED) is 0.323. The number of ether oxygens (including phenoxy) is 1. The summed E-state index contributed by atoms with van der Waals surface area (Å²) in [5.74, 6) is -0.425. The van der Waals surface area contributed by atoms with Gasteiger partial charge in [0.05, 0.1) is 17.9 Å². The molecule has 0 radical (unpaired) electrons. The predicted molar refractivity (Wildman–Crippen MR) is 131 cm³/mol. The first-order valence-electron chi connectivity index (χ1n) is 11.0. The first-order valence-corrected chi connectivity index (χ1v) is 11.8. The van der Waals surface area contributed by atoms with Crippen molar-refractivity contribution in [3.8, 4) is 27.6 Å². The molecule has 0 bridgehead atoms. The maximum Gasteiger partial charge on any atom is 0.268 e. The number of ketones is 1. The zero-order valence-corrected chi connectivity index (χ0v) is 19.2. The summed E-state index contributed by atoms with van der Waals surface area (Å²) >= 11 is 1.54. The molecular formula is C27H21FN2O3S. The normalized spacial score (nSPS) is 15.1. The van der Waals surface area contributed by atoms with Gasteiger partial charge in [-0.25, -0.2) is 9.37 Å². The molecule has 0 fully saturated rings. The van der Waals surface area contributed by atoms with Crippen molar-refractivity contribution in [1.29, 1.82) is 0 Å². The second-order valence-electron chi connectivity index (χ2n) is 7.96. The minimum Gasteiger partial charge on any atom is -0.478 e. The van der Waals surface area contributed by atoms with Crippen LogP contribution in [-0.2, 0) is 4.79 Å². The van der Waals surface area contributed by atoms with Crippen molar-refractivity contribution in [3.05, 3.63) is 89.6 Å². The molecule has 2 heterocycles. The molecule has 0 spiro atoms. The molecule has 0 saturated heterocycles. The Morgan fingerprint density at radius 2 is 1.82 bits per heavy atom. The van der Waals surface area contributed by atoms with Gasteiger partial charge in [-0.05, 0) is 48.9 Å². The number of carbonyl (C=O) groups is 2. The highest BCUT2D eigenvalue weighted by Crippen LogP contribution is 2.39. The maximum absolute atomic E-state index is 13.3. The Labute approximate surface area is 200 Å². The molecule has 0 aliphatic carbocycles. The van der Waals surface area contributed by atoms with Gasteiger partial charge in [-0.15, -0.1) is 11.3 Å². The third-order valence-electron chi connectivity index (χ3n) is 5.72. The fourth-order valence-electron chi connectivity index (χ4n) is 3.89. The molecule has 1 aliphatic rings. The second kappa shape index (κ2) is 9.19. The van der Waals surface area contributed by atoms with E-state index in [0.29, 0.717) is 23.4 Å². The first-order chi connectivity index (χ1) is 16.5. The summed E-state index contributed by atoms with van der Waals surface area (Å²) in [6.45, 7) is 1.70. The van der Waals surface area contributed by atoms with E-state index in [-0.39, 0.29) is 18.2 Å². The van der Waals surface area contributed by atoms with Crippen LogP contribution < -0.4 is 9.64 Å². The van der Waals surface area contributed by atoms with E-state index in [9.17, 15) is 14.0 Å². The van der Waals surface area contributed by atoms with Gasteiger partial charge in [-0.2, -0.15) is 0 Å². The zero-order valence-electron chi connectivity index (χ0n) is 18.4. The van der Waals surface area contributed by atoms with Crippen molar-refractivity contribution in [2.24, 2.45) is 0 Å². The van der Waals surface area contributed by atoms with Gasteiger partial charge in [-0.3, -0.25) is 14.5 Å². The molecule has 1 aromatic heterocycles. The lowest BCUT2D eigenvalue weighted by Crippen LogP contribution is -2.47. The van der Waals surface area contributed by atoms with Crippen LogP contribution in [0.15, 0.2) is 78.2 Å². The average molecular weight is 473 g/mol. The number of benzene rings is 3. The Morgan fingerprint density at radius 1 is 1.06 bits per heavy atom. The van der Waals surface area contributed by atoms with Crippen LogP contribution in [0.2, 0.25) is 0 Å². The summed E-state index contributed by atoms with van der Waals surface area (Å²) in [5, 5.41) is 2.87. The Hall–Kier alpha value is -3.84. The largest absolute Gasteiger partial charge is 0.478 e. The van der Waals surface area contributed by atoms with Gasteiger partial charge in [0.1, 0.15) is 16.6 Å². The number of hydrogen-bond donors (Lipinski definition) is 0. The minimum atomic E-state index is -0.664. The van der Waals surface area contributed by atoms with E-state index < -0.39 is 11.9 Å². The highest BCUT2D eigenvalue weighted by Gasteiger charge is 2.35. The topological polar surface area (TPSA) is 59.5 Å². The third-order valence-corrected chi connectivity index (χ3v) is 6.61. The van der Waals surface area contributed by atoms with Gasteiger partial charge in [0.2, 0.25) is 0 Å². The Kier molecular flexibility index (Phi) is 5.94. The molecule has 1 atom stereocenters. The number of carbonyl (C=O) groups excluding carboxylic acids is 2. The van der Waals surface area contributed by atoms with Crippen LogP contribution in [0.25, 0.3) is 21.8 Å². The molecule has 4 aromatic rings. The van der Waals surface area contributed by atoms with Crippen LogP contribution in [0, 0.1) is 5.82 Å². The van der Waals surface area contributed by atoms with Crippen LogP contribution >= 0.6 is 11.3 Å². The predicted octanol–water partition coefficient (Wildman–Crippen LogP) is 6.00. The molecule has 1 amide bonds. The van der Waals surface area contributed by atoms with E-state index in [4.69, 9.17) is 9.72 Å². The number of nitrogens with zero attached hydrogens (tertiary/aromatic N) is 2. The van der Waals surface area contributed by atoms with E-state index in [2.05, 4.69) is 0 Å². The summed E-state index contributed by atoms with van der Waals surface area (Å²) in [6.07, 6.45) is -0.184. The number of amides is 1. The molecule has 3 aromatic carbocycles. The van der Waals surface area contributed by atoms with Crippen molar-refractivity contribution >= 4 is 28.7 Å². The highest BCUT2D eigenvalue weighted by atomic mass is 32.1. The Morgan fingerprint density at radius 3 is 2.56 bits per heavy atom. The summed E-state index contributed by atoms with van der Waals surface area (Å²) < 4.78 is 19.2. The molecule has 170 valence electrons. The van der Waals surface area contributed by atoms with Gasteiger partial charge in [0.25, 0.3) is 5.91 Å². The second-order valence-corrected chi connectivity index (χ2v) is 8.81. The van der Waals surface area contributed by atoms with Crippen molar-refractivity contribution in [2.45, 2.75) is 19.4 Å². The third kappa shape index (κ3) is 4.22. The Balaban J connectivity index is 1.49. The SMILES string of the molecule is CCC1Oc2ccc(-c3csc(-c4ccccc4)n3)cc2N(CC(=O)c2ccc(F)cc2)C1=O. The van der Waals surface area contributed by atoms with E-state index in [1.165, 1.54) is 29.2 Å². The lowest BCUT2D eigenvalue weighted by atomic mass is 10.1. The first kappa shape index (κ1) is 22.0. The average Bonchev–Trinajstić information content (AvgIpc) is 3.36. The van der Waals surface area contributed by atoms with Crippen molar-refractivity contribution in [1.82, 2.24) is 4.98 Å². The number of thiazole rings is 1. The number of fused-ring (bicyclic) bond motifs is 1. The highest BCUT2D eigenvalue weighted by molar-refractivity contribution is 7.13. The standard InChI is InChI=1S/C27H21FN2O3S/c1-2-24-27(32)30(15-23(31)17-8-11-20(28)12-9-17)22-14-19(10-13-25(22)33-24)21-16-34-26(29-21)18-6-4-3-5-7-18/h3-14,16,24H,2,15H2,1H3. The van der Waals surface area contributed by atoms with Gasteiger partial charge in [0.15, 0.2) is 11.9 Å². The van der Waals surface area contributed by atoms with Gasteiger partial charge < -0.3 is 4.74 Å². The fraction of sp³-hybridized carbons (Fsp3) is 0.148. The summed E-state index contributed by atoms with van der Waals surface area (Å²) in [5.41, 5.74) is 3.51. The number of rotatable bonds is 6. The molecular weight excluding hydrogens is 451 g/mol. The van der Waals surface area contributed by atoms with Crippen LogP contribution in [0.5, 0.6) is 5.75 Å². The zero-order chi connectivity index (χ0) is 23.7. The van der Waals surface area contributed by atoms with E-state index >= 15 is 0 Å². The number of hydrogen-bond acceptors (Lipinski definition) is 5. The van der Waals surface area contributed by atoms with Crippen LogP contribution in [0.3, 0.4) is 0 Å². The van der Waals surface area contributed by atoms with Gasteiger partial charge in [-0.1, -0.05) is 37.3 Å². The van der Waals surface area contributed by atoms with Crippen molar-refractivity contribution < 1.29 is 18.7 Å². The van der Waals surface area contributed by atoms with E-state index in [1.807, 2.05) is 60.8 Å². The Bertz CT molecular complexity index is 1350. The van der Waals surface area contributed by atoms with Crippen LogP contribution in [0.4, 0.5) is 10.1 Å². The van der Waals surface area contributed by atoms with Crippen molar-refractivity contribution in [2.75, 3.05) is 11.4 Å². The van der Waals surface area contributed by atoms with Crippen LogP contribution in [0.1, 0.15) is 23.7 Å². The smallest absolute Gasteiger partial charge is 0.268 e. The number of aromatic nitrogens is 1. The molecule has 7 heteroatoms. The fourth-order valence-corrected chi connectivity index (χ4v) is 4.73. The van der Waals surface area contributed by atoms with Gasteiger partial charge in [0, 0.05) is 22.1 Å². The molecule has 0 saturated carbocycles. The van der Waals surface area contributed by atoms with Gasteiger partial charge >= 0.3 is 0 Å². The monoisotopic (exact) mass is 472 g/mol. The van der Waals surface area contributed by atoms with Crippen LogP contribution in [-0.4, -0.2) is 29.3 Å².